The van der Waals surface area contributed by atoms with Crippen molar-refractivity contribution in [2.24, 2.45) is 11.7 Å². The molecule has 2 atom stereocenters. The molecular weight excluding hydrogens is 262 g/mol. The van der Waals surface area contributed by atoms with Gasteiger partial charge in [-0.25, -0.2) is 12.7 Å². The maximum absolute atomic E-state index is 12.6. The summed E-state index contributed by atoms with van der Waals surface area (Å²) in [7, 11) is -3.34. The fourth-order valence-electron chi connectivity index (χ4n) is 2.44. The molecule has 1 aliphatic rings. The van der Waals surface area contributed by atoms with Crippen molar-refractivity contribution in [3.8, 4) is 0 Å². The molecule has 0 amide bonds. The fraction of sp³-hybridized carbons (Fsp3) is 0.615. The van der Waals surface area contributed by atoms with Crippen LogP contribution >= 0.6 is 0 Å². The topological polar surface area (TPSA) is 76.3 Å². The molecule has 6 heteroatoms. The van der Waals surface area contributed by atoms with E-state index in [0.717, 1.165) is 12.8 Å². The van der Waals surface area contributed by atoms with E-state index in [1.54, 1.807) is 29.6 Å². The predicted molar refractivity (Wildman–Crippen MR) is 74.9 cm³/mol. The van der Waals surface area contributed by atoms with E-state index in [1.165, 1.54) is 0 Å². The lowest BCUT2D eigenvalue weighted by atomic mass is 10.0. The van der Waals surface area contributed by atoms with Crippen molar-refractivity contribution in [1.82, 2.24) is 9.29 Å². The van der Waals surface area contributed by atoms with Gasteiger partial charge in [0, 0.05) is 19.3 Å². The lowest BCUT2D eigenvalue weighted by Crippen LogP contribution is -2.43. The average molecular weight is 283 g/mol. The van der Waals surface area contributed by atoms with Gasteiger partial charge in [0.15, 0.2) is 0 Å². The van der Waals surface area contributed by atoms with Crippen LogP contribution in [-0.4, -0.2) is 37.3 Å². The molecule has 1 aromatic heterocycles. The van der Waals surface area contributed by atoms with E-state index in [4.69, 9.17) is 5.73 Å². The van der Waals surface area contributed by atoms with Gasteiger partial charge < -0.3 is 5.73 Å². The number of pyridine rings is 1. The summed E-state index contributed by atoms with van der Waals surface area (Å²) in [6.07, 6.45) is 3.52. The van der Waals surface area contributed by atoms with Crippen LogP contribution in [-0.2, 0) is 10.0 Å². The summed E-state index contributed by atoms with van der Waals surface area (Å²) in [5, 5.41) is -0.606. The molecule has 19 heavy (non-hydrogen) atoms. The molecular formula is C13H21N3O2S. The standard InChI is InChI=1S/C13H21N3O2S/c1-11(13-6-2-3-7-15-13)19(17,18)16-8-4-5-12(9-14)10-16/h2-3,6-7,11-12H,4-5,8-10,14H2,1H3. The molecule has 0 radical (unpaired) electrons. The molecule has 2 N–H and O–H groups in total. The Bertz CT molecular complexity index is 504. The molecule has 1 aromatic rings. The van der Waals surface area contributed by atoms with E-state index in [9.17, 15) is 8.42 Å². The maximum atomic E-state index is 12.6. The largest absolute Gasteiger partial charge is 0.330 e. The average Bonchev–Trinajstić information content (AvgIpc) is 2.47. The normalized spacial score (nSPS) is 23.2. The molecule has 2 rings (SSSR count). The Morgan fingerprint density at radius 1 is 1.53 bits per heavy atom. The molecule has 5 nitrogen and oxygen atoms in total. The van der Waals surface area contributed by atoms with Crippen molar-refractivity contribution in [2.45, 2.75) is 25.0 Å². The Hall–Kier alpha value is -0.980. The van der Waals surface area contributed by atoms with Crippen LogP contribution in [0.3, 0.4) is 0 Å². The van der Waals surface area contributed by atoms with E-state index in [1.807, 2.05) is 6.07 Å². The Balaban J connectivity index is 2.18. The first-order chi connectivity index (χ1) is 9.05. The van der Waals surface area contributed by atoms with Crippen molar-refractivity contribution in [3.63, 3.8) is 0 Å². The number of hydrogen-bond donors (Lipinski definition) is 1. The zero-order valence-corrected chi connectivity index (χ0v) is 12.0. The van der Waals surface area contributed by atoms with Crippen LogP contribution in [0.2, 0.25) is 0 Å². The Morgan fingerprint density at radius 2 is 2.32 bits per heavy atom. The number of nitrogens with two attached hydrogens (primary N) is 1. The zero-order valence-electron chi connectivity index (χ0n) is 11.2. The summed E-state index contributed by atoms with van der Waals surface area (Å²) < 4.78 is 26.8. The molecule has 0 aliphatic carbocycles. The predicted octanol–water partition coefficient (Wildman–Crippen LogP) is 1.14. The number of piperidine rings is 1. The smallest absolute Gasteiger partial charge is 0.222 e. The van der Waals surface area contributed by atoms with Crippen LogP contribution in [0.15, 0.2) is 24.4 Å². The number of rotatable bonds is 4. The first-order valence-corrected chi connectivity index (χ1v) is 8.16. The number of nitrogens with zero attached hydrogens (tertiary/aromatic N) is 2. The van der Waals surface area contributed by atoms with E-state index in [2.05, 4.69) is 4.98 Å². The molecule has 2 heterocycles. The van der Waals surface area contributed by atoms with Gasteiger partial charge in [0.2, 0.25) is 10.0 Å². The summed E-state index contributed by atoms with van der Waals surface area (Å²) in [6.45, 7) is 3.37. The SMILES string of the molecule is CC(c1ccccn1)S(=O)(=O)N1CCCC(CN)C1. The molecule has 0 spiro atoms. The van der Waals surface area contributed by atoms with Gasteiger partial charge in [-0.3, -0.25) is 4.98 Å². The van der Waals surface area contributed by atoms with Gasteiger partial charge in [-0.15, -0.1) is 0 Å². The molecule has 1 fully saturated rings. The van der Waals surface area contributed by atoms with Crippen molar-refractivity contribution in [2.75, 3.05) is 19.6 Å². The summed E-state index contributed by atoms with van der Waals surface area (Å²) >= 11 is 0. The highest BCUT2D eigenvalue weighted by Crippen LogP contribution is 2.27. The molecule has 0 bridgehead atoms. The van der Waals surface area contributed by atoms with Gasteiger partial charge in [-0.05, 0) is 44.4 Å². The number of aromatic nitrogens is 1. The zero-order chi connectivity index (χ0) is 13.9. The summed E-state index contributed by atoms with van der Waals surface area (Å²) in [5.74, 6) is 0.277. The summed E-state index contributed by atoms with van der Waals surface area (Å²) in [4.78, 5) is 4.15. The summed E-state index contributed by atoms with van der Waals surface area (Å²) in [6, 6.07) is 5.36. The number of hydrogen-bond acceptors (Lipinski definition) is 4. The second kappa shape index (κ2) is 5.98. The van der Waals surface area contributed by atoms with E-state index in [-0.39, 0.29) is 5.92 Å². The highest BCUT2D eigenvalue weighted by Gasteiger charge is 2.33. The third-order valence-electron chi connectivity index (χ3n) is 3.73. The van der Waals surface area contributed by atoms with Crippen LogP contribution < -0.4 is 5.73 Å². The van der Waals surface area contributed by atoms with Crippen LogP contribution in [0.5, 0.6) is 0 Å². The van der Waals surface area contributed by atoms with E-state index >= 15 is 0 Å². The minimum Gasteiger partial charge on any atom is -0.330 e. The molecule has 1 aliphatic heterocycles. The third-order valence-corrected chi connectivity index (χ3v) is 5.91. The highest BCUT2D eigenvalue weighted by molar-refractivity contribution is 7.89. The minimum atomic E-state index is -3.34. The second-order valence-corrected chi connectivity index (χ2v) is 7.30. The van der Waals surface area contributed by atoms with E-state index < -0.39 is 15.3 Å². The van der Waals surface area contributed by atoms with Gasteiger partial charge in [-0.2, -0.15) is 0 Å². The van der Waals surface area contributed by atoms with Crippen LogP contribution in [0.25, 0.3) is 0 Å². The van der Waals surface area contributed by atoms with Crippen molar-refractivity contribution in [1.29, 1.82) is 0 Å². The van der Waals surface area contributed by atoms with Crippen LogP contribution in [0.4, 0.5) is 0 Å². The molecule has 0 aromatic carbocycles. The minimum absolute atomic E-state index is 0.277. The Labute approximate surface area is 114 Å². The Kier molecular flexibility index (Phi) is 4.54. The molecule has 2 unspecified atom stereocenters. The van der Waals surface area contributed by atoms with Gasteiger partial charge in [0.1, 0.15) is 5.25 Å². The van der Waals surface area contributed by atoms with E-state index in [0.29, 0.717) is 25.3 Å². The first-order valence-electron chi connectivity index (χ1n) is 6.65. The van der Waals surface area contributed by atoms with Crippen molar-refractivity contribution >= 4 is 10.0 Å². The van der Waals surface area contributed by atoms with Crippen molar-refractivity contribution < 1.29 is 8.42 Å². The van der Waals surface area contributed by atoms with Crippen molar-refractivity contribution in [3.05, 3.63) is 30.1 Å². The third kappa shape index (κ3) is 3.13. The quantitative estimate of drug-likeness (QED) is 0.899. The molecule has 106 valence electrons. The van der Waals surface area contributed by atoms with Crippen LogP contribution in [0, 0.1) is 5.92 Å². The summed E-state index contributed by atoms with van der Waals surface area (Å²) in [5.41, 5.74) is 6.26. The van der Waals surface area contributed by atoms with Gasteiger partial charge in [-0.1, -0.05) is 6.07 Å². The lowest BCUT2D eigenvalue weighted by Gasteiger charge is -2.33. The second-order valence-electron chi connectivity index (χ2n) is 5.04. The lowest BCUT2D eigenvalue weighted by molar-refractivity contribution is 0.269. The van der Waals surface area contributed by atoms with Crippen LogP contribution in [0.1, 0.15) is 30.7 Å². The highest BCUT2D eigenvalue weighted by atomic mass is 32.2. The fourth-order valence-corrected chi connectivity index (χ4v) is 4.14. The monoisotopic (exact) mass is 283 g/mol. The molecule has 1 saturated heterocycles. The first kappa shape index (κ1) is 14.4. The van der Waals surface area contributed by atoms with Gasteiger partial charge >= 0.3 is 0 Å². The number of sulfonamides is 1. The Morgan fingerprint density at radius 3 is 2.95 bits per heavy atom. The maximum Gasteiger partial charge on any atom is 0.222 e. The van der Waals surface area contributed by atoms with Gasteiger partial charge in [0.25, 0.3) is 0 Å². The van der Waals surface area contributed by atoms with Gasteiger partial charge in [0.05, 0.1) is 5.69 Å². The molecule has 0 saturated carbocycles.